The van der Waals surface area contributed by atoms with Gasteiger partial charge in [0.05, 0.1) is 35.5 Å². The summed E-state index contributed by atoms with van der Waals surface area (Å²) in [6.45, 7) is 0. The third kappa shape index (κ3) is 2.09. The summed E-state index contributed by atoms with van der Waals surface area (Å²) in [6.07, 6.45) is 7.55. The highest BCUT2D eigenvalue weighted by molar-refractivity contribution is 5.87. The molecule has 6 heteroatoms. The van der Waals surface area contributed by atoms with Crippen LogP contribution in [0.2, 0.25) is 0 Å². The monoisotopic (exact) mass is 307 g/mol. The average Bonchev–Trinajstić information content (AvgIpc) is 3.31. The number of rotatable bonds is 3. The highest BCUT2D eigenvalue weighted by Crippen LogP contribution is 2.36. The molecule has 1 N–H and O–H groups in total. The molecule has 4 heterocycles. The van der Waals surface area contributed by atoms with Gasteiger partial charge in [0.2, 0.25) is 0 Å². The smallest absolute Gasteiger partial charge is 0.168 e. The summed E-state index contributed by atoms with van der Waals surface area (Å²) in [4.78, 5) is 8.85. The molecule has 0 saturated carbocycles. The van der Waals surface area contributed by atoms with E-state index in [-0.39, 0.29) is 0 Å². The summed E-state index contributed by atoms with van der Waals surface area (Å²) in [7, 11) is 0. The number of aromatic nitrogens is 4. The Bertz CT molecular complexity index is 847. The number of benzene rings is 1. The number of anilines is 1. The molecular formula is C17H17N5O. The van der Waals surface area contributed by atoms with Crippen LogP contribution in [0.5, 0.6) is 0 Å². The molecular weight excluding hydrogens is 290 g/mol. The zero-order valence-corrected chi connectivity index (χ0v) is 12.6. The minimum atomic E-state index is 0.314. The van der Waals surface area contributed by atoms with E-state index in [1.54, 1.807) is 6.33 Å². The van der Waals surface area contributed by atoms with Crippen molar-refractivity contribution in [1.82, 2.24) is 19.7 Å². The van der Waals surface area contributed by atoms with Gasteiger partial charge in [0.1, 0.15) is 12.1 Å². The largest absolute Gasteiger partial charge is 0.373 e. The van der Waals surface area contributed by atoms with Gasteiger partial charge in [0.25, 0.3) is 0 Å². The molecule has 23 heavy (non-hydrogen) atoms. The second kappa shape index (κ2) is 5.03. The van der Waals surface area contributed by atoms with Crippen LogP contribution in [0.4, 0.5) is 5.82 Å². The van der Waals surface area contributed by atoms with Crippen LogP contribution in [0.3, 0.4) is 0 Å². The molecule has 3 aromatic rings. The zero-order valence-electron chi connectivity index (χ0n) is 12.6. The fourth-order valence-corrected chi connectivity index (χ4v) is 3.68. The van der Waals surface area contributed by atoms with E-state index in [9.17, 15) is 0 Å². The minimum absolute atomic E-state index is 0.314. The summed E-state index contributed by atoms with van der Waals surface area (Å²) >= 11 is 0. The Morgan fingerprint density at radius 2 is 2.04 bits per heavy atom. The Kier molecular flexibility index (Phi) is 2.84. The molecule has 116 valence electrons. The van der Waals surface area contributed by atoms with Gasteiger partial charge in [-0.3, -0.25) is 0 Å². The van der Waals surface area contributed by atoms with E-state index in [1.807, 2.05) is 41.2 Å². The summed E-state index contributed by atoms with van der Waals surface area (Å²) in [5.41, 5.74) is 1.81. The second-order valence-corrected chi connectivity index (χ2v) is 6.21. The Labute approximate surface area is 133 Å². The van der Waals surface area contributed by atoms with Crippen molar-refractivity contribution in [2.24, 2.45) is 0 Å². The molecule has 1 aromatic carbocycles. The van der Waals surface area contributed by atoms with Crippen LogP contribution in [0.15, 0.2) is 42.9 Å². The molecule has 2 fully saturated rings. The predicted octanol–water partition coefficient (Wildman–Crippen LogP) is 2.55. The molecule has 3 atom stereocenters. The lowest BCUT2D eigenvalue weighted by Crippen LogP contribution is -2.30. The van der Waals surface area contributed by atoms with Crippen LogP contribution in [0.1, 0.15) is 19.3 Å². The molecule has 2 aromatic heterocycles. The molecule has 2 aliphatic heterocycles. The van der Waals surface area contributed by atoms with Crippen LogP contribution < -0.4 is 5.32 Å². The first-order chi connectivity index (χ1) is 11.4. The van der Waals surface area contributed by atoms with E-state index in [0.717, 1.165) is 35.4 Å². The predicted molar refractivity (Wildman–Crippen MR) is 86.6 cm³/mol. The first-order valence-corrected chi connectivity index (χ1v) is 8.04. The lowest BCUT2D eigenvalue weighted by Gasteiger charge is -2.20. The molecule has 0 aliphatic carbocycles. The van der Waals surface area contributed by atoms with Crippen molar-refractivity contribution in [3.8, 4) is 5.69 Å². The van der Waals surface area contributed by atoms with E-state index in [1.165, 1.54) is 6.42 Å². The summed E-state index contributed by atoms with van der Waals surface area (Å²) in [5, 5.41) is 8.99. The lowest BCUT2D eigenvalue weighted by atomic mass is 9.95. The van der Waals surface area contributed by atoms with Crippen molar-refractivity contribution in [2.75, 3.05) is 5.32 Å². The topological polar surface area (TPSA) is 64.9 Å². The normalized spacial score (nSPS) is 26.0. The van der Waals surface area contributed by atoms with Gasteiger partial charge in [0, 0.05) is 0 Å². The summed E-state index contributed by atoms with van der Waals surface area (Å²) < 4.78 is 7.76. The highest BCUT2D eigenvalue weighted by atomic mass is 16.5. The molecule has 2 bridgehead atoms. The first-order valence-electron chi connectivity index (χ1n) is 8.04. The number of nitrogens with zero attached hydrogens (tertiary/aromatic N) is 4. The van der Waals surface area contributed by atoms with Crippen LogP contribution >= 0.6 is 0 Å². The van der Waals surface area contributed by atoms with Crippen molar-refractivity contribution >= 4 is 16.9 Å². The Morgan fingerprint density at radius 3 is 2.83 bits per heavy atom. The molecule has 6 nitrogen and oxygen atoms in total. The third-order valence-electron chi connectivity index (χ3n) is 4.79. The molecule has 0 spiro atoms. The number of ether oxygens (including phenoxy) is 1. The summed E-state index contributed by atoms with van der Waals surface area (Å²) in [5.74, 6) is 0.846. The number of fused-ring (bicyclic) bond motifs is 3. The van der Waals surface area contributed by atoms with Gasteiger partial charge in [-0.1, -0.05) is 18.2 Å². The van der Waals surface area contributed by atoms with E-state index >= 15 is 0 Å². The van der Waals surface area contributed by atoms with Crippen molar-refractivity contribution in [2.45, 2.75) is 37.5 Å². The third-order valence-corrected chi connectivity index (χ3v) is 4.79. The van der Waals surface area contributed by atoms with Gasteiger partial charge >= 0.3 is 0 Å². The Balaban J connectivity index is 1.52. The number of hydrogen-bond acceptors (Lipinski definition) is 5. The van der Waals surface area contributed by atoms with Crippen LogP contribution in [0, 0.1) is 0 Å². The highest BCUT2D eigenvalue weighted by Gasteiger charge is 2.41. The molecule has 5 rings (SSSR count). The minimum Gasteiger partial charge on any atom is -0.373 e. The van der Waals surface area contributed by atoms with Gasteiger partial charge in [-0.25, -0.2) is 14.6 Å². The zero-order chi connectivity index (χ0) is 15.2. The molecule has 0 amide bonds. The summed E-state index contributed by atoms with van der Waals surface area (Å²) in [6, 6.07) is 10.4. The fourth-order valence-electron chi connectivity index (χ4n) is 3.68. The molecule has 0 unspecified atom stereocenters. The molecule has 2 aliphatic rings. The standard InChI is InChI=1S/C17H17N5O/c1-2-4-11(5-3-1)22-17-13(9-20-22)16(18-10-19-17)21-14-8-12-6-7-15(14)23-12/h1-5,9-10,12,14-15H,6-8H2,(H,18,19,21)/t12-,14+,15+/m1/s1. The van der Waals surface area contributed by atoms with Crippen LogP contribution in [-0.2, 0) is 4.74 Å². The maximum Gasteiger partial charge on any atom is 0.168 e. The van der Waals surface area contributed by atoms with E-state index in [0.29, 0.717) is 18.2 Å². The maximum atomic E-state index is 5.92. The quantitative estimate of drug-likeness (QED) is 0.805. The second-order valence-electron chi connectivity index (χ2n) is 6.21. The van der Waals surface area contributed by atoms with Gasteiger partial charge < -0.3 is 10.1 Å². The van der Waals surface area contributed by atoms with Crippen LogP contribution in [-0.4, -0.2) is 38.0 Å². The van der Waals surface area contributed by atoms with E-state index in [2.05, 4.69) is 20.4 Å². The van der Waals surface area contributed by atoms with E-state index in [4.69, 9.17) is 4.74 Å². The fraction of sp³-hybridized carbons (Fsp3) is 0.353. The number of para-hydroxylation sites is 1. The Morgan fingerprint density at radius 1 is 1.13 bits per heavy atom. The number of hydrogen-bond donors (Lipinski definition) is 1. The van der Waals surface area contributed by atoms with Gasteiger partial charge in [-0.2, -0.15) is 5.10 Å². The van der Waals surface area contributed by atoms with Gasteiger partial charge in [0.15, 0.2) is 5.65 Å². The van der Waals surface area contributed by atoms with Crippen LogP contribution in [0.25, 0.3) is 16.7 Å². The maximum absolute atomic E-state index is 5.92. The van der Waals surface area contributed by atoms with Crippen molar-refractivity contribution in [3.05, 3.63) is 42.9 Å². The molecule has 0 radical (unpaired) electrons. The van der Waals surface area contributed by atoms with Gasteiger partial charge in [-0.05, 0) is 31.4 Å². The van der Waals surface area contributed by atoms with E-state index < -0.39 is 0 Å². The number of nitrogens with one attached hydrogen (secondary N) is 1. The SMILES string of the molecule is c1ccc(-n2ncc3c(N[C@H]4C[C@H]5CC[C@@H]4O5)ncnc32)cc1. The van der Waals surface area contributed by atoms with Crippen molar-refractivity contribution in [1.29, 1.82) is 0 Å². The lowest BCUT2D eigenvalue weighted by molar-refractivity contribution is 0.102. The Hall–Kier alpha value is -2.47. The first kappa shape index (κ1) is 13.0. The van der Waals surface area contributed by atoms with Crippen molar-refractivity contribution in [3.63, 3.8) is 0 Å². The van der Waals surface area contributed by atoms with Gasteiger partial charge in [-0.15, -0.1) is 0 Å². The average molecular weight is 307 g/mol. The molecule has 2 saturated heterocycles. The van der Waals surface area contributed by atoms with Crippen molar-refractivity contribution < 1.29 is 4.74 Å².